The molecule has 0 bridgehead atoms. The lowest BCUT2D eigenvalue weighted by Gasteiger charge is -2.55. The molecule has 3 rings (SSSR count). The van der Waals surface area contributed by atoms with Gasteiger partial charge in [-0.05, 0) is 45.7 Å². The molecule has 2 aliphatic rings. The quantitative estimate of drug-likeness (QED) is 0.797. The zero-order valence-electron chi connectivity index (χ0n) is 13.4. The van der Waals surface area contributed by atoms with Gasteiger partial charge in [-0.15, -0.1) is 0 Å². The van der Waals surface area contributed by atoms with Crippen molar-refractivity contribution in [2.24, 2.45) is 5.41 Å². The van der Waals surface area contributed by atoms with Crippen LogP contribution in [-0.2, 0) is 4.79 Å². The van der Waals surface area contributed by atoms with Gasteiger partial charge in [0.15, 0.2) is 0 Å². The third-order valence-corrected chi connectivity index (χ3v) is 5.25. The minimum absolute atomic E-state index is 0.0917. The second-order valence-electron chi connectivity index (χ2n) is 6.97. The molecule has 1 amide bonds. The fourth-order valence-corrected chi connectivity index (χ4v) is 3.84. The molecular formula is C18H26N2O. The molecule has 0 aromatic heterocycles. The highest BCUT2D eigenvalue weighted by Gasteiger charge is 2.54. The molecule has 2 atom stereocenters. The minimum Gasteiger partial charge on any atom is -0.339 e. The van der Waals surface area contributed by atoms with Crippen LogP contribution in [0.2, 0.25) is 0 Å². The Morgan fingerprint density at radius 1 is 1.10 bits per heavy atom. The van der Waals surface area contributed by atoms with Crippen LogP contribution >= 0.6 is 0 Å². The van der Waals surface area contributed by atoms with Gasteiger partial charge in [0.25, 0.3) is 0 Å². The molecule has 1 aromatic carbocycles. The van der Waals surface area contributed by atoms with Gasteiger partial charge in [-0.25, -0.2) is 0 Å². The minimum atomic E-state index is -0.0917. The average Bonchev–Trinajstić information content (AvgIpc) is 2.52. The fraction of sp³-hybridized carbons (Fsp3) is 0.611. The fourth-order valence-electron chi connectivity index (χ4n) is 3.84. The molecule has 21 heavy (non-hydrogen) atoms. The molecule has 0 unspecified atom stereocenters. The summed E-state index contributed by atoms with van der Waals surface area (Å²) in [6.45, 7) is 9.45. The summed E-state index contributed by atoms with van der Waals surface area (Å²) >= 11 is 0. The first-order valence-corrected chi connectivity index (χ1v) is 8.13. The summed E-state index contributed by atoms with van der Waals surface area (Å²) in [5, 5.41) is 0. The van der Waals surface area contributed by atoms with E-state index < -0.39 is 0 Å². The summed E-state index contributed by atoms with van der Waals surface area (Å²) in [5.41, 5.74) is 1.26. The van der Waals surface area contributed by atoms with E-state index in [0.717, 1.165) is 32.5 Å². The monoisotopic (exact) mass is 286 g/mol. The summed E-state index contributed by atoms with van der Waals surface area (Å²) in [6.07, 6.45) is 2.20. The van der Waals surface area contributed by atoms with Gasteiger partial charge in [-0.3, -0.25) is 9.69 Å². The lowest BCUT2D eigenvalue weighted by molar-refractivity contribution is -0.170. The van der Waals surface area contributed by atoms with E-state index in [0.29, 0.717) is 18.0 Å². The standard InChI is InChI=1S/C18H26N2O/c1-14(2)20-13-18(17(20)21)10-7-11-19(12-18)15(3)16-8-5-4-6-9-16/h4-6,8-9,14-15H,7,10-13H2,1-3H3/t15-,18+/m0/s1. The lowest BCUT2D eigenvalue weighted by atomic mass is 9.71. The highest BCUT2D eigenvalue weighted by Crippen LogP contribution is 2.43. The van der Waals surface area contributed by atoms with Crippen LogP contribution in [0.1, 0.15) is 45.2 Å². The van der Waals surface area contributed by atoms with Gasteiger partial charge < -0.3 is 4.90 Å². The number of nitrogens with zero attached hydrogens (tertiary/aromatic N) is 2. The van der Waals surface area contributed by atoms with Crippen LogP contribution in [0.4, 0.5) is 0 Å². The van der Waals surface area contributed by atoms with Crippen LogP contribution in [0.15, 0.2) is 30.3 Å². The third kappa shape index (κ3) is 2.48. The Labute approximate surface area is 127 Å². The molecule has 2 aliphatic heterocycles. The molecule has 0 radical (unpaired) electrons. The summed E-state index contributed by atoms with van der Waals surface area (Å²) in [6, 6.07) is 11.4. The van der Waals surface area contributed by atoms with Crippen LogP contribution < -0.4 is 0 Å². The van der Waals surface area contributed by atoms with E-state index in [1.807, 2.05) is 4.90 Å². The largest absolute Gasteiger partial charge is 0.339 e. The number of piperidine rings is 1. The van der Waals surface area contributed by atoms with E-state index in [1.54, 1.807) is 0 Å². The zero-order valence-corrected chi connectivity index (χ0v) is 13.4. The van der Waals surface area contributed by atoms with Gasteiger partial charge in [0.1, 0.15) is 0 Å². The molecule has 3 nitrogen and oxygen atoms in total. The molecule has 1 spiro atoms. The van der Waals surface area contributed by atoms with E-state index >= 15 is 0 Å². The first kappa shape index (κ1) is 14.6. The average molecular weight is 286 g/mol. The lowest BCUT2D eigenvalue weighted by Crippen LogP contribution is -2.68. The number of rotatable bonds is 3. The van der Waals surface area contributed by atoms with E-state index in [9.17, 15) is 4.79 Å². The van der Waals surface area contributed by atoms with Crippen molar-refractivity contribution < 1.29 is 4.79 Å². The maximum absolute atomic E-state index is 12.6. The van der Waals surface area contributed by atoms with E-state index in [1.165, 1.54) is 5.56 Å². The third-order valence-electron chi connectivity index (χ3n) is 5.25. The first-order valence-electron chi connectivity index (χ1n) is 8.13. The van der Waals surface area contributed by atoms with Crippen LogP contribution in [0.5, 0.6) is 0 Å². The number of amides is 1. The van der Waals surface area contributed by atoms with E-state index in [4.69, 9.17) is 0 Å². The Balaban J connectivity index is 1.71. The Kier molecular flexibility index (Phi) is 3.78. The summed E-state index contributed by atoms with van der Waals surface area (Å²) in [5.74, 6) is 0.377. The maximum atomic E-state index is 12.6. The second-order valence-corrected chi connectivity index (χ2v) is 6.97. The van der Waals surface area contributed by atoms with E-state index in [2.05, 4.69) is 56.0 Å². The maximum Gasteiger partial charge on any atom is 0.232 e. The number of likely N-dealkylation sites (tertiary alicyclic amines) is 2. The van der Waals surface area contributed by atoms with Gasteiger partial charge in [0, 0.05) is 25.2 Å². The molecule has 114 valence electrons. The van der Waals surface area contributed by atoms with Crippen molar-refractivity contribution in [3.8, 4) is 0 Å². The molecule has 2 heterocycles. The Morgan fingerprint density at radius 2 is 1.81 bits per heavy atom. The number of hydrogen-bond donors (Lipinski definition) is 0. The van der Waals surface area contributed by atoms with Crippen LogP contribution in [0, 0.1) is 5.41 Å². The topological polar surface area (TPSA) is 23.6 Å². The molecule has 0 aliphatic carbocycles. The van der Waals surface area contributed by atoms with Crippen LogP contribution in [0.25, 0.3) is 0 Å². The highest BCUT2D eigenvalue weighted by molar-refractivity contribution is 5.89. The Hall–Kier alpha value is -1.35. The van der Waals surface area contributed by atoms with Crippen molar-refractivity contribution in [3.05, 3.63) is 35.9 Å². The number of β-lactam (4-membered cyclic amide) rings is 1. The summed E-state index contributed by atoms with van der Waals surface area (Å²) in [7, 11) is 0. The molecule has 3 heteroatoms. The number of hydrogen-bond acceptors (Lipinski definition) is 2. The number of carbonyl (C=O) groups excluding carboxylic acids is 1. The predicted molar refractivity (Wildman–Crippen MR) is 84.9 cm³/mol. The summed E-state index contributed by atoms with van der Waals surface area (Å²) in [4.78, 5) is 17.1. The zero-order chi connectivity index (χ0) is 15.0. The molecular weight excluding hydrogens is 260 g/mol. The molecule has 1 aromatic rings. The number of carbonyl (C=O) groups is 1. The molecule has 0 N–H and O–H groups in total. The first-order chi connectivity index (χ1) is 10.0. The van der Waals surface area contributed by atoms with Crippen LogP contribution in [0.3, 0.4) is 0 Å². The van der Waals surface area contributed by atoms with Gasteiger partial charge in [-0.1, -0.05) is 30.3 Å². The number of benzene rings is 1. The predicted octanol–water partition coefficient (Wildman–Crippen LogP) is 3.08. The SMILES string of the molecule is CC(C)N1C[C@]2(CCCN([C@@H](C)c3ccccc3)C2)C1=O. The summed E-state index contributed by atoms with van der Waals surface area (Å²) < 4.78 is 0. The van der Waals surface area contributed by atoms with Crippen molar-refractivity contribution in [3.63, 3.8) is 0 Å². The van der Waals surface area contributed by atoms with Crippen molar-refractivity contribution in [2.75, 3.05) is 19.6 Å². The van der Waals surface area contributed by atoms with Gasteiger partial charge >= 0.3 is 0 Å². The molecule has 2 saturated heterocycles. The second kappa shape index (κ2) is 5.45. The highest BCUT2D eigenvalue weighted by atomic mass is 16.2. The van der Waals surface area contributed by atoms with Crippen LogP contribution in [-0.4, -0.2) is 41.4 Å². The Morgan fingerprint density at radius 3 is 2.43 bits per heavy atom. The normalized spacial score (nSPS) is 28.0. The van der Waals surface area contributed by atoms with Gasteiger partial charge in [-0.2, -0.15) is 0 Å². The van der Waals surface area contributed by atoms with Crippen molar-refractivity contribution in [1.29, 1.82) is 0 Å². The molecule has 0 saturated carbocycles. The van der Waals surface area contributed by atoms with Crippen molar-refractivity contribution >= 4 is 5.91 Å². The van der Waals surface area contributed by atoms with Gasteiger partial charge in [0.2, 0.25) is 5.91 Å². The smallest absolute Gasteiger partial charge is 0.232 e. The van der Waals surface area contributed by atoms with Crippen molar-refractivity contribution in [2.45, 2.75) is 45.7 Å². The Bertz CT molecular complexity index is 513. The molecule has 2 fully saturated rings. The van der Waals surface area contributed by atoms with Gasteiger partial charge in [0.05, 0.1) is 5.41 Å². The van der Waals surface area contributed by atoms with Crippen molar-refractivity contribution in [1.82, 2.24) is 9.80 Å². The van der Waals surface area contributed by atoms with E-state index in [-0.39, 0.29) is 5.41 Å².